The van der Waals surface area contributed by atoms with E-state index in [9.17, 15) is 13.9 Å². The van der Waals surface area contributed by atoms with E-state index in [4.69, 9.17) is 4.74 Å². The molecule has 1 atom stereocenters. The zero-order valence-corrected chi connectivity index (χ0v) is 11.5. The normalized spacial score (nSPS) is 12.3. The summed E-state index contributed by atoms with van der Waals surface area (Å²) in [6.45, 7) is 1.53. The van der Waals surface area contributed by atoms with Gasteiger partial charge in [0.15, 0.2) is 11.6 Å². The molecule has 0 aliphatic rings. The molecule has 1 heterocycles. The zero-order chi connectivity index (χ0) is 14.0. The molecule has 2 rings (SSSR count). The van der Waals surface area contributed by atoms with Gasteiger partial charge in [0.25, 0.3) is 0 Å². The fourth-order valence-electron chi connectivity index (χ4n) is 1.52. The average molecular weight is 330 g/mol. The van der Waals surface area contributed by atoms with Crippen molar-refractivity contribution in [1.82, 2.24) is 4.98 Å². The second kappa shape index (κ2) is 5.63. The summed E-state index contributed by atoms with van der Waals surface area (Å²) in [5, 5.41) is 9.56. The van der Waals surface area contributed by atoms with Crippen LogP contribution < -0.4 is 4.74 Å². The highest BCUT2D eigenvalue weighted by atomic mass is 79.9. The van der Waals surface area contributed by atoms with Gasteiger partial charge in [0.1, 0.15) is 0 Å². The van der Waals surface area contributed by atoms with E-state index in [2.05, 4.69) is 20.9 Å². The smallest absolute Gasteiger partial charge is 0.225 e. The van der Waals surface area contributed by atoms with Crippen molar-refractivity contribution in [2.45, 2.75) is 13.0 Å². The fourth-order valence-corrected chi connectivity index (χ4v) is 1.93. The highest BCUT2D eigenvalue weighted by Gasteiger charge is 2.16. The number of ether oxygens (including phenoxy) is 1. The number of pyridine rings is 1. The van der Waals surface area contributed by atoms with Gasteiger partial charge in [-0.1, -0.05) is 15.9 Å². The van der Waals surface area contributed by atoms with Gasteiger partial charge in [-0.25, -0.2) is 9.37 Å². The number of hydrogen-bond acceptors (Lipinski definition) is 3. The van der Waals surface area contributed by atoms with E-state index in [1.807, 2.05) is 0 Å². The molecule has 19 heavy (non-hydrogen) atoms. The van der Waals surface area contributed by atoms with Crippen molar-refractivity contribution in [3.05, 3.63) is 52.1 Å². The number of hydrogen-bond donors (Lipinski definition) is 1. The van der Waals surface area contributed by atoms with E-state index in [0.717, 1.165) is 6.07 Å². The first-order valence-corrected chi connectivity index (χ1v) is 6.23. The Hall–Kier alpha value is -1.53. The molecular formula is C13H10BrF2NO2. The molecule has 1 N–H and O–H groups in total. The summed E-state index contributed by atoms with van der Waals surface area (Å²) in [5.41, 5.74) is 0.391. The van der Waals surface area contributed by atoms with Gasteiger partial charge in [0.2, 0.25) is 11.7 Å². The number of aliphatic hydroxyl groups excluding tert-OH is 1. The molecular weight excluding hydrogens is 320 g/mol. The standard InChI is InChI=1S/C13H10BrF2NO2/c1-7(18)9-3-2-4-17-13(9)19-11-6-8(14)5-10(15)12(11)16/h2-7,18H,1H3/t7-/m0/s1. The lowest BCUT2D eigenvalue weighted by Crippen LogP contribution is -2.00. The van der Waals surface area contributed by atoms with Crippen molar-refractivity contribution in [2.24, 2.45) is 0 Å². The minimum atomic E-state index is -1.11. The molecule has 100 valence electrons. The first kappa shape index (κ1) is 13.9. The van der Waals surface area contributed by atoms with Gasteiger partial charge in [-0.2, -0.15) is 4.39 Å². The van der Waals surface area contributed by atoms with Crippen LogP contribution in [0.5, 0.6) is 11.6 Å². The van der Waals surface area contributed by atoms with Gasteiger partial charge in [0, 0.05) is 16.2 Å². The summed E-state index contributed by atoms with van der Waals surface area (Å²) in [7, 11) is 0. The van der Waals surface area contributed by atoms with Crippen LogP contribution >= 0.6 is 15.9 Å². The molecule has 0 radical (unpaired) electrons. The number of halogens is 3. The van der Waals surface area contributed by atoms with Crippen LogP contribution in [0.25, 0.3) is 0 Å². The molecule has 2 aromatic rings. The van der Waals surface area contributed by atoms with Crippen LogP contribution in [0.4, 0.5) is 8.78 Å². The Bertz CT molecular complexity index is 605. The lowest BCUT2D eigenvalue weighted by atomic mass is 10.2. The van der Waals surface area contributed by atoms with E-state index >= 15 is 0 Å². The lowest BCUT2D eigenvalue weighted by Gasteiger charge is -2.12. The predicted molar refractivity (Wildman–Crippen MR) is 69.0 cm³/mol. The first-order valence-electron chi connectivity index (χ1n) is 5.44. The predicted octanol–water partition coefficient (Wildman–Crippen LogP) is 3.97. The van der Waals surface area contributed by atoms with Crippen molar-refractivity contribution in [3.8, 4) is 11.6 Å². The Morgan fingerprint density at radius 2 is 2.11 bits per heavy atom. The Morgan fingerprint density at radius 3 is 2.79 bits per heavy atom. The molecule has 0 spiro atoms. The molecule has 0 amide bonds. The molecule has 0 saturated heterocycles. The van der Waals surface area contributed by atoms with Gasteiger partial charge < -0.3 is 9.84 Å². The molecule has 0 aliphatic carbocycles. The highest BCUT2D eigenvalue weighted by molar-refractivity contribution is 9.10. The highest BCUT2D eigenvalue weighted by Crippen LogP contribution is 2.31. The number of aromatic nitrogens is 1. The van der Waals surface area contributed by atoms with Gasteiger partial charge in [0.05, 0.1) is 6.10 Å². The second-order valence-corrected chi connectivity index (χ2v) is 4.79. The number of rotatable bonds is 3. The fraction of sp³-hybridized carbons (Fsp3) is 0.154. The Labute approximate surface area is 117 Å². The molecule has 0 aliphatic heterocycles. The summed E-state index contributed by atoms with van der Waals surface area (Å²) in [4.78, 5) is 3.91. The summed E-state index contributed by atoms with van der Waals surface area (Å²) in [5.74, 6) is -2.40. The van der Waals surface area contributed by atoms with Crippen molar-refractivity contribution >= 4 is 15.9 Å². The summed E-state index contributed by atoms with van der Waals surface area (Å²) < 4.78 is 32.4. The van der Waals surface area contributed by atoms with Crippen molar-refractivity contribution in [1.29, 1.82) is 0 Å². The van der Waals surface area contributed by atoms with Crippen LogP contribution in [0.15, 0.2) is 34.9 Å². The molecule has 6 heteroatoms. The Kier molecular flexibility index (Phi) is 4.11. The van der Waals surface area contributed by atoms with Crippen LogP contribution in [0.1, 0.15) is 18.6 Å². The second-order valence-electron chi connectivity index (χ2n) is 3.88. The molecule has 0 bridgehead atoms. The number of aliphatic hydroxyl groups is 1. The molecule has 0 saturated carbocycles. The SMILES string of the molecule is C[C@H](O)c1cccnc1Oc1cc(Br)cc(F)c1F. The van der Waals surface area contributed by atoms with Crippen molar-refractivity contribution in [2.75, 3.05) is 0 Å². The van der Waals surface area contributed by atoms with Crippen LogP contribution in [-0.4, -0.2) is 10.1 Å². The zero-order valence-electron chi connectivity index (χ0n) is 9.90. The quantitative estimate of drug-likeness (QED) is 0.866. The van der Waals surface area contributed by atoms with Crippen LogP contribution in [0, 0.1) is 11.6 Å². The Balaban J connectivity index is 2.42. The molecule has 0 unspecified atom stereocenters. The van der Waals surface area contributed by atoms with E-state index in [0.29, 0.717) is 10.0 Å². The Morgan fingerprint density at radius 1 is 1.37 bits per heavy atom. The monoisotopic (exact) mass is 329 g/mol. The van der Waals surface area contributed by atoms with Gasteiger partial charge in [-0.15, -0.1) is 0 Å². The third-order valence-electron chi connectivity index (χ3n) is 2.42. The number of benzene rings is 1. The maximum absolute atomic E-state index is 13.6. The van der Waals surface area contributed by atoms with Crippen molar-refractivity contribution in [3.63, 3.8) is 0 Å². The molecule has 3 nitrogen and oxygen atoms in total. The van der Waals surface area contributed by atoms with Gasteiger partial charge in [-0.05, 0) is 31.2 Å². The maximum Gasteiger partial charge on any atom is 0.225 e. The van der Waals surface area contributed by atoms with Crippen LogP contribution in [0.2, 0.25) is 0 Å². The topological polar surface area (TPSA) is 42.4 Å². The molecule has 1 aromatic carbocycles. The minimum absolute atomic E-state index is 0.0360. The minimum Gasteiger partial charge on any atom is -0.435 e. The lowest BCUT2D eigenvalue weighted by molar-refractivity contribution is 0.194. The third kappa shape index (κ3) is 3.08. The van der Waals surface area contributed by atoms with Gasteiger partial charge in [-0.3, -0.25) is 0 Å². The van der Waals surface area contributed by atoms with E-state index in [1.54, 1.807) is 12.1 Å². The first-order chi connectivity index (χ1) is 8.99. The largest absolute Gasteiger partial charge is 0.435 e. The average Bonchev–Trinajstić information content (AvgIpc) is 2.35. The third-order valence-corrected chi connectivity index (χ3v) is 2.87. The summed E-state index contributed by atoms with van der Waals surface area (Å²) in [6, 6.07) is 5.50. The summed E-state index contributed by atoms with van der Waals surface area (Å²) in [6.07, 6.45) is 0.608. The van der Waals surface area contributed by atoms with E-state index < -0.39 is 17.7 Å². The maximum atomic E-state index is 13.6. The van der Waals surface area contributed by atoms with E-state index in [-0.39, 0.29) is 11.6 Å². The number of nitrogens with zero attached hydrogens (tertiary/aromatic N) is 1. The van der Waals surface area contributed by atoms with Crippen LogP contribution in [0.3, 0.4) is 0 Å². The van der Waals surface area contributed by atoms with E-state index in [1.165, 1.54) is 19.2 Å². The van der Waals surface area contributed by atoms with Crippen LogP contribution in [-0.2, 0) is 0 Å². The van der Waals surface area contributed by atoms with Crippen molar-refractivity contribution < 1.29 is 18.6 Å². The van der Waals surface area contributed by atoms with Gasteiger partial charge >= 0.3 is 0 Å². The molecule has 1 aromatic heterocycles. The molecule has 0 fully saturated rings. The summed E-state index contributed by atoms with van der Waals surface area (Å²) >= 11 is 3.05.